The van der Waals surface area contributed by atoms with E-state index >= 15 is 0 Å². The fourth-order valence-electron chi connectivity index (χ4n) is 1.99. The fraction of sp³-hybridized carbons (Fsp3) is 0.133. The lowest BCUT2D eigenvalue weighted by molar-refractivity contribution is 0.0691. The van der Waals surface area contributed by atoms with Gasteiger partial charge in [0, 0.05) is 23.7 Å². The van der Waals surface area contributed by atoms with Crippen LogP contribution in [-0.4, -0.2) is 27.6 Å². The Morgan fingerprint density at radius 2 is 2.05 bits per heavy atom. The number of carboxylic acid groups (broad SMARTS) is 1. The lowest BCUT2D eigenvalue weighted by Crippen LogP contribution is -2.06. The molecule has 2 N–H and O–H groups in total. The molecule has 0 aliphatic rings. The molecule has 0 atom stereocenters. The number of carboxylic acids is 1. The summed E-state index contributed by atoms with van der Waals surface area (Å²) in [4.78, 5) is 19.3. The van der Waals surface area contributed by atoms with E-state index in [0.717, 1.165) is 21.7 Å². The van der Waals surface area contributed by atoms with Gasteiger partial charge in [-0.05, 0) is 18.2 Å². The Kier molecular flexibility index (Phi) is 3.79. The molecule has 2 aromatic heterocycles. The molecule has 0 unspecified atom stereocenters. The standard InChI is InChI=1S/C15H13N3O2S/c19-15(20)12-9-21-14(18-12)7-8-16-13-6-5-10-3-1-2-4-11(10)17-13/h1-6,9H,7-8H2,(H,16,17)(H,19,20). The van der Waals surface area contributed by atoms with E-state index in [1.165, 1.54) is 11.3 Å². The van der Waals surface area contributed by atoms with Crippen molar-refractivity contribution >= 4 is 34.0 Å². The van der Waals surface area contributed by atoms with Crippen LogP contribution in [0.25, 0.3) is 10.9 Å². The van der Waals surface area contributed by atoms with Crippen LogP contribution in [0.5, 0.6) is 0 Å². The molecule has 0 aliphatic carbocycles. The molecule has 1 aromatic carbocycles. The second-order valence-electron chi connectivity index (χ2n) is 4.50. The maximum Gasteiger partial charge on any atom is 0.355 e. The van der Waals surface area contributed by atoms with E-state index in [4.69, 9.17) is 5.11 Å². The molecule has 0 bridgehead atoms. The molecular formula is C15H13N3O2S. The Morgan fingerprint density at radius 3 is 2.86 bits per heavy atom. The monoisotopic (exact) mass is 299 g/mol. The van der Waals surface area contributed by atoms with Crippen LogP contribution in [0.2, 0.25) is 0 Å². The summed E-state index contributed by atoms with van der Waals surface area (Å²) in [5, 5.41) is 15.5. The predicted molar refractivity (Wildman–Crippen MR) is 83.0 cm³/mol. The highest BCUT2D eigenvalue weighted by atomic mass is 32.1. The van der Waals surface area contributed by atoms with Gasteiger partial charge >= 0.3 is 5.97 Å². The topological polar surface area (TPSA) is 75.1 Å². The van der Waals surface area contributed by atoms with Gasteiger partial charge in [0.25, 0.3) is 0 Å². The molecule has 6 heteroatoms. The summed E-state index contributed by atoms with van der Waals surface area (Å²) >= 11 is 1.36. The molecule has 106 valence electrons. The normalized spacial score (nSPS) is 10.7. The van der Waals surface area contributed by atoms with Crippen molar-refractivity contribution in [1.82, 2.24) is 9.97 Å². The maximum atomic E-state index is 10.8. The van der Waals surface area contributed by atoms with Gasteiger partial charge in [-0.3, -0.25) is 0 Å². The Labute approximate surface area is 125 Å². The number of rotatable bonds is 5. The van der Waals surface area contributed by atoms with Crippen molar-refractivity contribution in [2.24, 2.45) is 0 Å². The molecule has 5 nitrogen and oxygen atoms in total. The van der Waals surface area contributed by atoms with Crippen LogP contribution in [-0.2, 0) is 6.42 Å². The van der Waals surface area contributed by atoms with Crippen LogP contribution in [0.1, 0.15) is 15.5 Å². The first-order chi connectivity index (χ1) is 10.2. The van der Waals surface area contributed by atoms with Crippen molar-refractivity contribution in [3.8, 4) is 0 Å². The smallest absolute Gasteiger partial charge is 0.355 e. The van der Waals surface area contributed by atoms with Crippen molar-refractivity contribution in [3.63, 3.8) is 0 Å². The first-order valence-electron chi connectivity index (χ1n) is 6.50. The average Bonchev–Trinajstić information content (AvgIpc) is 2.96. The first kappa shape index (κ1) is 13.5. The summed E-state index contributed by atoms with van der Waals surface area (Å²) in [6.45, 7) is 0.665. The number of pyridine rings is 1. The van der Waals surface area contributed by atoms with Gasteiger partial charge in [0.2, 0.25) is 0 Å². The van der Waals surface area contributed by atoms with Gasteiger partial charge in [0.1, 0.15) is 5.82 Å². The number of anilines is 1. The number of nitrogens with zero attached hydrogens (tertiary/aromatic N) is 2. The zero-order valence-corrected chi connectivity index (χ0v) is 11.9. The van der Waals surface area contributed by atoms with Crippen LogP contribution in [0, 0.1) is 0 Å². The number of hydrogen-bond donors (Lipinski definition) is 2. The molecule has 0 saturated carbocycles. The van der Waals surface area contributed by atoms with E-state index < -0.39 is 5.97 Å². The van der Waals surface area contributed by atoms with E-state index in [-0.39, 0.29) is 5.69 Å². The summed E-state index contributed by atoms with van der Waals surface area (Å²) in [5.41, 5.74) is 1.06. The summed E-state index contributed by atoms with van der Waals surface area (Å²) < 4.78 is 0. The van der Waals surface area contributed by atoms with E-state index in [0.29, 0.717) is 13.0 Å². The third-order valence-electron chi connectivity index (χ3n) is 3.01. The van der Waals surface area contributed by atoms with Crippen LogP contribution >= 0.6 is 11.3 Å². The molecule has 2 heterocycles. The highest BCUT2D eigenvalue weighted by Crippen LogP contribution is 2.15. The molecule has 0 amide bonds. The Bertz CT molecular complexity index is 785. The lowest BCUT2D eigenvalue weighted by Gasteiger charge is -2.05. The quantitative estimate of drug-likeness (QED) is 0.757. The van der Waals surface area contributed by atoms with Crippen molar-refractivity contribution in [1.29, 1.82) is 0 Å². The van der Waals surface area contributed by atoms with Crippen molar-refractivity contribution in [3.05, 3.63) is 52.5 Å². The largest absolute Gasteiger partial charge is 0.476 e. The molecule has 0 spiro atoms. The predicted octanol–water partition coefficient (Wildman–Crippen LogP) is 3.04. The SMILES string of the molecule is O=C(O)c1csc(CCNc2ccc3ccccc3n2)n1. The van der Waals surface area contributed by atoms with Gasteiger partial charge in [-0.2, -0.15) is 0 Å². The summed E-state index contributed by atoms with van der Waals surface area (Å²) in [7, 11) is 0. The summed E-state index contributed by atoms with van der Waals surface area (Å²) in [6, 6.07) is 11.9. The molecule has 0 aliphatic heterocycles. The lowest BCUT2D eigenvalue weighted by atomic mass is 10.2. The van der Waals surface area contributed by atoms with Crippen LogP contribution < -0.4 is 5.32 Å². The first-order valence-corrected chi connectivity index (χ1v) is 7.38. The number of fused-ring (bicyclic) bond motifs is 1. The average molecular weight is 299 g/mol. The molecule has 0 saturated heterocycles. The summed E-state index contributed by atoms with van der Waals surface area (Å²) in [5.74, 6) is -0.176. The zero-order chi connectivity index (χ0) is 14.7. The van der Waals surface area contributed by atoms with Crippen molar-refractivity contribution < 1.29 is 9.90 Å². The number of aromatic carboxylic acids is 1. The third-order valence-corrected chi connectivity index (χ3v) is 3.92. The molecular weight excluding hydrogens is 286 g/mol. The maximum absolute atomic E-state index is 10.8. The molecule has 3 aromatic rings. The van der Waals surface area contributed by atoms with Crippen LogP contribution in [0.4, 0.5) is 5.82 Å². The van der Waals surface area contributed by atoms with Gasteiger partial charge in [-0.15, -0.1) is 11.3 Å². The number of para-hydroxylation sites is 1. The van der Waals surface area contributed by atoms with E-state index in [2.05, 4.69) is 15.3 Å². The van der Waals surface area contributed by atoms with Crippen LogP contribution in [0.15, 0.2) is 41.8 Å². The minimum atomic E-state index is -0.985. The molecule has 21 heavy (non-hydrogen) atoms. The Balaban J connectivity index is 1.62. The number of hydrogen-bond acceptors (Lipinski definition) is 5. The highest BCUT2D eigenvalue weighted by molar-refractivity contribution is 7.09. The van der Waals surface area contributed by atoms with Crippen molar-refractivity contribution in [2.45, 2.75) is 6.42 Å². The summed E-state index contributed by atoms with van der Waals surface area (Å²) in [6.07, 6.45) is 0.673. The number of thiazole rings is 1. The third kappa shape index (κ3) is 3.17. The number of aromatic nitrogens is 2. The van der Waals surface area contributed by atoms with E-state index in [9.17, 15) is 4.79 Å². The fourth-order valence-corrected chi connectivity index (χ4v) is 2.76. The number of carbonyl (C=O) groups is 1. The molecule has 3 rings (SSSR count). The number of benzene rings is 1. The molecule has 0 radical (unpaired) electrons. The van der Waals surface area contributed by atoms with Crippen molar-refractivity contribution in [2.75, 3.05) is 11.9 Å². The van der Waals surface area contributed by atoms with Gasteiger partial charge in [0.15, 0.2) is 5.69 Å². The van der Waals surface area contributed by atoms with Crippen LogP contribution in [0.3, 0.4) is 0 Å². The van der Waals surface area contributed by atoms with E-state index in [1.54, 1.807) is 5.38 Å². The Hall–Kier alpha value is -2.47. The molecule has 0 fully saturated rings. The van der Waals surface area contributed by atoms with E-state index in [1.807, 2.05) is 36.4 Å². The minimum absolute atomic E-state index is 0.110. The van der Waals surface area contributed by atoms with Gasteiger partial charge in [-0.1, -0.05) is 18.2 Å². The second kappa shape index (κ2) is 5.88. The van der Waals surface area contributed by atoms with Gasteiger partial charge in [-0.25, -0.2) is 14.8 Å². The minimum Gasteiger partial charge on any atom is -0.476 e. The number of nitrogens with one attached hydrogen (secondary N) is 1. The zero-order valence-electron chi connectivity index (χ0n) is 11.1. The highest BCUT2D eigenvalue weighted by Gasteiger charge is 2.08. The van der Waals surface area contributed by atoms with Gasteiger partial charge in [0.05, 0.1) is 10.5 Å². The second-order valence-corrected chi connectivity index (χ2v) is 5.44. The Morgan fingerprint density at radius 1 is 1.19 bits per heavy atom. The van der Waals surface area contributed by atoms with Gasteiger partial charge < -0.3 is 10.4 Å².